The van der Waals surface area contributed by atoms with Crippen LogP contribution in [0.2, 0.25) is 0 Å². The number of aromatic amines is 1. The number of fused-ring (bicyclic) bond motifs is 1. The minimum absolute atomic E-state index is 0. The molecule has 0 aliphatic carbocycles. The third kappa shape index (κ3) is 3.27. The second kappa shape index (κ2) is 7.63. The number of furan rings is 1. The van der Waals surface area contributed by atoms with Gasteiger partial charge >= 0.3 is 0 Å². The molecule has 0 spiro atoms. The number of H-pyrrole nitrogens is 1. The molecule has 0 amide bonds. The Balaban J connectivity index is 0.00000205. The van der Waals surface area contributed by atoms with E-state index in [1.54, 1.807) is 19.6 Å². The molecule has 4 heterocycles. The van der Waals surface area contributed by atoms with Crippen LogP contribution in [0.5, 0.6) is 5.75 Å². The summed E-state index contributed by atoms with van der Waals surface area (Å²) in [7, 11) is 1.65. The summed E-state index contributed by atoms with van der Waals surface area (Å²) in [6.07, 6.45) is 10.9. The van der Waals surface area contributed by atoms with Gasteiger partial charge in [0.25, 0.3) is 0 Å². The second-order valence-electron chi connectivity index (χ2n) is 6.33. The van der Waals surface area contributed by atoms with E-state index in [9.17, 15) is 0 Å². The van der Waals surface area contributed by atoms with Crippen LogP contribution in [0.25, 0.3) is 22.2 Å². The fourth-order valence-corrected chi connectivity index (χ4v) is 3.34. The first-order valence-electron chi connectivity index (χ1n) is 8.84. The lowest BCUT2D eigenvalue weighted by molar-refractivity contribution is 0.417. The number of nitrogens with zero attached hydrogens (tertiary/aromatic N) is 3. The van der Waals surface area contributed by atoms with E-state index < -0.39 is 0 Å². The van der Waals surface area contributed by atoms with Crippen LogP contribution in [-0.2, 0) is 0 Å². The lowest BCUT2D eigenvalue weighted by Gasteiger charge is -2.13. The largest absolute Gasteiger partial charge is 0.495 e. The fourth-order valence-electron chi connectivity index (χ4n) is 3.34. The molecular weight excluding hydrogens is 366 g/mol. The molecule has 7 nitrogen and oxygen atoms in total. The highest BCUT2D eigenvalue weighted by Gasteiger charge is 2.17. The summed E-state index contributed by atoms with van der Waals surface area (Å²) in [5.74, 6) is 1.40. The molecule has 29 heavy (non-hydrogen) atoms. The zero-order valence-corrected chi connectivity index (χ0v) is 15.1. The topological polar surface area (TPSA) is 88.3 Å². The van der Waals surface area contributed by atoms with Crippen LogP contribution >= 0.6 is 0 Å². The van der Waals surface area contributed by atoms with Gasteiger partial charge in [-0.1, -0.05) is 19.6 Å². The molecule has 3 aromatic heterocycles. The van der Waals surface area contributed by atoms with Crippen molar-refractivity contribution >= 4 is 28.3 Å². The molecule has 1 aliphatic heterocycles. The third-order valence-electron chi connectivity index (χ3n) is 4.70. The summed E-state index contributed by atoms with van der Waals surface area (Å²) >= 11 is 0. The average Bonchev–Trinajstić information content (AvgIpc) is 3.49. The quantitative estimate of drug-likeness (QED) is 0.505. The van der Waals surface area contributed by atoms with Crippen molar-refractivity contribution < 1.29 is 9.15 Å². The van der Waals surface area contributed by atoms with Crippen molar-refractivity contribution in [3.63, 3.8) is 0 Å². The smallest absolute Gasteiger partial charge is 0.144 e. The van der Waals surface area contributed by atoms with E-state index >= 15 is 0 Å². The summed E-state index contributed by atoms with van der Waals surface area (Å²) in [6, 6.07) is 7.84. The van der Waals surface area contributed by atoms with Crippen molar-refractivity contribution in [1.29, 1.82) is 0 Å². The van der Waals surface area contributed by atoms with E-state index in [4.69, 9.17) is 9.15 Å². The van der Waals surface area contributed by atoms with Gasteiger partial charge in [0.05, 0.1) is 43.0 Å². The molecule has 4 aromatic rings. The first-order valence-corrected chi connectivity index (χ1v) is 8.84. The molecule has 0 unspecified atom stereocenters. The second-order valence-corrected chi connectivity index (χ2v) is 6.33. The molecule has 0 radical (unpaired) electrons. The van der Waals surface area contributed by atoms with Crippen molar-refractivity contribution in [1.82, 2.24) is 15.0 Å². The lowest BCUT2D eigenvalue weighted by atomic mass is 10.1. The number of aromatic nitrogens is 3. The number of anilines is 2. The number of aliphatic imine (C=N–C) groups is 1. The van der Waals surface area contributed by atoms with E-state index in [-0.39, 0.29) is 7.43 Å². The van der Waals surface area contributed by atoms with Crippen LogP contribution in [0.1, 0.15) is 13.0 Å². The number of hydrogen-bond donors (Lipinski definition) is 2. The van der Waals surface area contributed by atoms with Gasteiger partial charge in [0.1, 0.15) is 23.5 Å². The fraction of sp³-hybridized carbons (Fsp3) is 0.136. The summed E-state index contributed by atoms with van der Waals surface area (Å²) in [4.78, 5) is 16.6. The standard InChI is InChI=1S/C21H17N5O2.CH4/c1-27-18-5-4-13(14-6-8-28-11-14)9-17(18)26-21-19-15(16-3-2-7-22-16)10-23-20(19)24-12-25-21;/h2-6,8-12H,7H2,1H3,(H2,23,24,25,26);1H4. The highest BCUT2D eigenvalue weighted by atomic mass is 16.5. The molecule has 5 rings (SSSR count). The highest BCUT2D eigenvalue weighted by molar-refractivity contribution is 6.19. The molecule has 0 bridgehead atoms. The molecule has 0 atom stereocenters. The number of hydrogen-bond acceptors (Lipinski definition) is 6. The Kier molecular flexibility index (Phi) is 4.87. The van der Waals surface area contributed by atoms with Gasteiger partial charge in [-0.3, -0.25) is 4.99 Å². The van der Waals surface area contributed by atoms with Crippen molar-refractivity contribution in [2.45, 2.75) is 7.43 Å². The number of rotatable bonds is 5. The minimum atomic E-state index is 0. The Morgan fingerprint density at radius 1 is 1.17 bits per heavy atom. The maximum absolute atomic E-state index is 5.54. The van der Waals surface area contributed by atoms with E-state index in [1.807, 2.05) is 42.6 Å². The molecule has 7 heteroatoms. The first kappa shape index (κ1) is 18.5. The van der Waals surface area contributed by atoms with E-state index in [2.05, 4.69) is 25.3 Å². The SMILES string of the molecule is C.COc1ccc(-c2ccoc2)cc1Nc1ncnc2[nH]cc(C3=NCC=C3)c12. The number of nitrogens with one attached hydrogen (secondary N) is 2. The van der Waals surface area contributed by atoms with Crippen LogP contribution in [-0.4, -0.2) is 34.3 Å². The minimum Gasteiger partial charge on any atom is -0.495 e. The zero-order chi connectivity index (χ0) is 18.9. The Labute approximate surface area is 168 Å². The van der Waals surface area contributed by atoms with Crippen LogP contribution in [0.15, 0.2) is 70.9 Å². The normalized spacial score (nSPS) is 12.7. The zero-order valence-electron chi connectivity index (χ0n) is 15.1. The van der Waals surface area contributed by atoms with Crippen molar-refractivity contribution in [3.8, 4) is 16.9 Å². The van der Waals surface area contributed by atoms with Crippen molar-refractivity contribution in [2.24, 2.45) is 4.99 Å². The molecule has 146 valence electrons. The monoisotopic (exact) mass is 387 g/mol. The molecular formula is C22H21N5O2. The molecule has 0 fully saturated rings. The van der Waals surface area contributed by atoms with Gasteiger partial charge in [-0.05, 0) is 29.8 Å². The van der Waals surface area contributed by atoms with Crippen LogP contribution in [0.3, 0.4) is 0 Å². The summed E-state index contributed by atoms with van der Waals surface area (Å²) in [5, 5.41) is 4.31. The van der Waals surface area contributed by atoms with Gasteiger partial charge < -0.3 is 19.5 Å². The van der Waals surface area contributed by atoms with Gasteiger partial charge in [-0.15, -0.1) is 0 Å². The summed E-state index contributed by atoms with van der Waals surface area (Å²) in [5.41, 5.74) is 5.45. The van der Waals surface area contributed by atoms with Crippen LogP contribution < -0.4 is 10.1 Å². The predicted molar refractivity (Wildman–Crippen MR) is 115 cm³/mol. The molecule has 1 aliphatic rings. The van der Waals surface area contributed by atoms with E-state index in [1.165, 1.54) is 6.33 Å². The average molecular weight is 387 g/mol. The van der Waals surface area contributed by atoms with Gasteiger partial charge in [-0.2, -0.15) is 0 Å². The summed E-state index contributed by atoms with van der Waals surface area (Å²) in [6.45, 7) is 0.693. The van der Waals surface area contributed by atoms with Crippen LogP contribution in [0, 0.1) is 0 Å². The Morgan fingerprint density at radius 3 is 2.86 bits per heavy atom. The molecule has 2 N–H and O–H groups in total. The Bertz CT molecular complexity index is 1210. The number of benzene rings is 1. The Morgan fingerprint density at radius 2 is 2.10 bits per heavy atom. The maximum atomic E-state index is 5.54. The molecule has 0 saturated heterocycles. The molecule has 0 saturated carbocycles. The van der Waals surface area contributed by atoms with Crippen LogP contribution in [0.4, 0.5) is 11.5 Å². The summed E-state index contributed by atoms with van der Waals surface area (Å²) < 4.78 is 10.7. The van der Waals surface area contributed by atoms with Gasteiger partial charge in [0.2, 0.25) is 0 Å². The van der Waals surface area contributed by atoms with E-state index in [0.717, 1.165) is 39.1 Å². The van der Waals surface area contributed by atoms with Crippen molar-refractivity contribution in [3.05, 3.63) is 67.0 Å². The maximum Gasteiger partial charge on any atom is 0.144 e. The predicted octanol–water partition coefficient (Wildman–Crippen LogP) is 4.97. The van der Waals surface area contributed by atoms with Gasteiger partial charge in [0.15, 0.2) is 0 Å². The first-order chi connectivity index (χ1) is 13.8. The van der Waals surface area contributed by atoms with Gasteiger partial charge in [0, 0.05) is 17.3 Å². The number of methoxy groups -OCH3 is 1. The van der Waals surface area contributed by atoms with Gasteiger partial charge in [-0.25, -0.2) is 9.97 Å². The molecule has 1 aromatic carbocycles. The highest BCUT2D eigenvalue weighted by Crippen LogP contribution is 2.35. The van der Waals surface area contributed by atoms with E-state index in [0.29, 0.717) is 18.1 Å². The van der Waals surface area contributed by atoms with Crippen molar-refractivity contribution in [2.75, 3.05) is 19.0 Å². The lowest BCUT2D eigenvalue weighted by Crippen LogP contribution is -2.01. The number of ether oxygens (including phenoxy) is 1. The Hall–Kier alpha value is -3.87. The third-order valence-corrected chi connectivity index (χ3v) is 4.70. The number of allylic oxidation sites excluding steroid dienone is 1.